The van der Waals surface area contributed by atoms with Crippen molar-refractivity contribution in [1.29, 1.82) is 0 Å². The molecule has 1 aromatic carbocycles. The molecule has 0 aliphatic rings. The van der Waals surface area contributed by atoms with E-state index in [4.69, 9.17) is 0 Å². The molecule has 0 atom stereocenters. The molecule has 3 heteroatoms. The lowest BCUT2D eigenvalue weighted by atomic mass is 10.2. The van der Waals surface area contributed by atoms with E-state index in [2.05, 4.69) is 15.9 Å². The first-order valence-corrected chi connectivity index (χ1v) is 3.76. The van der Waals surface area contributed by atoms with Crippen LogP contribution in [0.25, 0.3) is 6.08 Å². The molecule has 0 saturated heterocycles. The van der Waals surface area contributed by atoms with Gasteiger partial charge in [-0.05, 0) is 39.7 Å². The minimum Gasteiger partial charge on any atom is -0.207 e. The van der Waals surface area contributed by atoms with Gasteiger partial charge in [-0.1, -0.05) is 12.1 Å². The minimum atomic E-state index is -0.468. The van der Waals surface area contributed by atoms with Crippen molar-refractivity contribution in [1.82, 2.24) is 0 Å². The first-order chi connectivity index (χ1) is 5.18. The van der Waals surface area contributed by atoms with Gasteiger partial charge in [0.15, 0.2) is 4.74 Å². The molecule has 0 aliphatic heterocycles. The van der Waals surface area contributed by atoms with Crippen LogP contribution >= 0.6 is 15.9 Å². The monoisotopic (exact) mass is 218 g/mol. The van der Waals surface area contributed by atoms with Crippen LogP contribution in [0.3, 0.4) is 0 Å². The highest BCUT2D eigenvalue weighted by atomic mass is 79.9. The molecule has 1 aromatic rings. The molecule has 0 radical (unpaired) electrons. The van der Waals surface area contributed by atoms with Gasteiger partial charge in [0.2, 0.25) is 0 Å². The molecule has 0 aromatic heterocycles. The largest absolute Gasteiger partial charge is 0.207 e. The van der Waals surface area contributed by atoms with Crippen LogP contribution in [0.4, 0.5) is 8.78 Å². The summed E-state index contributed by atoms with van der Waals surface area (Å²) >= 11 is 2.63. The molecule has 0 bridgehead atoms. The molecular formula is C8H5BrF2. The molecule has 0 saturated carbocycles. The second-order valence-electron chi connectivity index (χ2n) is 1.99. The van der Waals surface area contributed by atoms with Gasteiger partial charge in [-0.15, -0.1) is 0 Å². The maximum atomic E-state index is 12.3. The van der Waals surface area contributed by atoms with E-state index in [1.54, 1.807) is 0 Å². The lowest BCUT2D eigenvalue weighted by molar-refractivity contribution is 0.627. The molecule has 0 N–H and O–H groups in total. The quantitative estimate of drug-likeness (QED) is 0.678. The fourth-order valence-corrected chi connectivity index (χ4v) is 0.949. The molecule has 11 heavy (non-hydrogen) atoms. The summed E-state index contributed by atoms with van der Waals surface area (Å²) in [5.74, 6) is -0.322. The second kappa shape index (κ2) is 3.62. The highest BCUT2D eigenvalue weighted by Crippen LogP contribution is 2.13. The summed E-state index contributed by atoms with van der Waals surface area (Å²) in [5.41, 5.74) is 0.626. The van der Waals surface area contributed by atoms with Gasteiger partial charge in [0.25, 0.3) is 0 Å². The van der Waals surface area contributed by atoms with Crippen molar-refractivity contribution in [3.63, 3.8) is 0 Å². The third-order valence-corrected chi connectivity index (χ3v) is 1.37. The second-order valence-corrected chi connectivity index (χ2v) is 2.74. The van der Waals surface area contributed by atoms with Gasteiger partial charge in [-0.3, -0.25) is 0 Å². The molecule has 0 amide bonds. The normalized spacial score (nSPS) is 11.7. The Morgan fingerprint density at radius 1 is 1.27 bits per heavy atom. The van der Waals surface area contributed by atoms with E-state index in [0.29, 0.717) is 5.56 Å². The van der Waals surface area contributed by atoms with Gasteiger partial charge in [0.1, 0.15) is 5.82 Å². The lowest BCUT2D eigenvalue weighted by Gasteiger charge is -1.90. The van der Waals surface area contributed by atoms with Gasteiger partial charge in [0.05, 0.1) is 0 Å². The summed E-state index contributed by atoms with van der Waals surface area (Å²) in [7, 11) is 0. The summed E-state index contributed by atoms with van der Waals surface area (Å²) < 4.78 is 24.0. The van der Waals surface area contributed by atoms with E-state index in [9.17, 15) is 8.78 Å². The Hall–Kier alpha value is -0.700. The zero-order chi connectivity index (χ0) is 8.27. The molecular weight excluding hydrogens is 214 g/mol. The van der Waals surface area contributed by atoms with Crippen molar-refractivity contribution in [2.24, 2.45) is 0 Å². The average Bonchev–Trinajstić information content (AvgIpc) is 1.93. The molecule has 0 heterocycles. The van der Waals surface area contributed by atoms with Crippen LogP contribution in [0.5, 0.6) is 0 Å². The SMILES string of the molecule is F/C(Br)=C\c1ccc(F)cc1. The molecule has 0 nitrogen and oxygen atoms in total. The summed E-state index contributed by atoms with van der Waals surface area (Å²) in [6.07, 6.45) is 1.26. The van der Waals surface area contributed by atoms with Crippen molar-refractivity contribution < 1.29 is 8.78 Å². The highest BCUT2D eigenvalue weighted by molar-refractivity contribution is 9.11. The van der Waals surface area contributed by atoms with Gasteiger partial charge >= 0.3 is 0 Å². The Kier molecular flexibility index (Phi) is 2.76. The smallest absolute Gasteiger partial charge is 0.166 e. The fourth-order valence-electron chi connectivity index (χ4n) is 0.685. The minimum absolute atomic E-state index is 0.322. The topological polar surface area (TPSA) is 0 Å². The van der Waals surface area contributed by atoms with E-state index >= 15 is 0 Å². The summed E-state index contributed by atoms with van der Waals surface area (Å²) in [5, 5.41) is 0. The molecule has 1 rings (SSSR count). The first kappa shape index (κ1) is 8.40. The lowest BCUT2D eigenvalue weighted by Crippen LogP contribution is -1.73. The van der Waals surface area contributed by atoms with Crippen LogP contribution < -0.4 is 0 Å². The summed E-state index contributed by atoms with van der Waals surface area (Å²) in [4.78, 5) is 0. The van der Waals surface area contributed by atoms with E-state index in [-0.39, 0.29) is 5.82 Å². The molecule has 0 spiro atoms. The predicted octanol–water partition coefficient (Wildman–Crippen LogP) is 3.49. The number of benzene rings is 1. The van der Waals surface area contributed by atoms with Crippen LogP contribution in [0, 0.1) is 5.82 Å². The fraction of sp³-hybridized carbons (Fsp3) is 0. The number of halogens is 3. The van der Waals surface area contributed by atoms with Crippen LogP contribution in [-0.4, -0.2) is 0 Å². The van der Waals surface area contributed by atoms with Crippen LogP contribution in [0.15, 0.2) is 29.0 Å². The Morgan fingerprint density at radius 3 is 2.27 bits per heavy atom. The number of hydrogen-bond acceptors (Lipinski definition) is 0. The Bertz CT molecular complexity index is 260. The number of rotatable bonds is 1. The van der Waals surface area contributed by atoms with Gasteiger partial charge < -0.3 is 0 Å². The standard InChI is InChI=1S/C8H5BrF2/c9-8(11)5-6-1-3-7(10)4-2-6/h1-5H/b8-5-. The van der Waals surface area contributed by atoms with Crippen LogP contribution in [0.1, 0.15) is 5.56 Å². The molecule has 58 valence electrons. The average molecular weight is 219 g/mol. The van der Waals surface area contributed by atoms with E-state index in [0.717, 1.165) is 0 Å². The summed E-state index contributed by atoms with van der Waals surface area (Å²) in [6.45, 7) is 0. The molecule has 0 fully saturated rings. The Balaban J connectivity index is 2.91. The Labute approximate surface area is 71.7 Å². The van der Waals surface area contributed by atoms with Crippen LogP contribution in [-0.2, 0) is 0 Å². The molecule has 0 aliphatic carbocycles. The zero-order valence-electron chi connectivity index (χ0n) is 5.52. The van der Waals surface area contributed by atoms with E-state index in [1.165, 1.54) is 30.3 Å². The van der Waals surface area contributed by atoms with Crippen molar-refractivity contribution in [2.45, 2.75) is 0 Å². The zero-order valence-corrected chi connectivity index (χ0v) is 7.11. The predicted molar refractivity (Wildman–Crippen MR) is 44.4 cm³/mol. The van der Waals surface area contributed by atoms with Gasteiger partial charge in [-0.2, -0.15) is 4.39 Å². The third-order valence-electron chi connectivity index (χ3n) is 1.15. The third kappa shape index (κ3) is 2.80. The summed E-state index contributed by atoms with van der Waals surface area (Å²) in [6, 6.07) is 5.55. The van der Waals surface area contributed by atoms with Crippen molar-refractivity contribution in [2.75, 3.05) is 0 Å². The van der Waals surface area contributed by atoms with E-state index < -0.39 is 4.74 Å². The number of hydrogen-bond donors (Lipinski definition) is 0. The molecule has 0 unspecified atom stereocenters. The highest BCUT2D eigenvalue weighted by Gasteiger charge is 1.90. The van der Waals surface area contributed by atoms with Crippen molar-refractivity contribution in [3.8, 4) is 0 Å². The first-order valence-electron chi connectivity index (χ1n) is 2.97. The van der Waals surface area contributed by atoms with Gasteiger partial charge in [0, 0.05) is 0 Å². The van der Waals surface area contributed by atoms with Crippen LogP contribution in [0.2, 0.25) is 0 Å². The van der Waals surface area contributed by atoms with E-state index in [1.807, 2.05) is 0 Å². The van der Waals surface area contributed by atoms with Crippen molar-refractivity contribution >= 4 is 22.0 Å². The Morgan fingerprint density at radius 2 is 1.82 bits per heavy atom. The van der Waals surface area contributed by atoms with Gasteiger partial charge in [-0.25, -0.2) is 4.39 Å². The van der Waals surface area contributed by atoms with Crippen molar-refractivity contribution in [3.05, 3.63) is 40.4 Å². The maximum absolute atomic E-state index is 12.3. The maximum Gasteiger partial charge on any atom is 0.166 e.